The van der Waals surface area contributed by atoms with Crippen LogP contribution < -0.4 is 5.32 Å². The Morgan fingerprint density at radius 3 is 2.42 bits per heavy atom. The van der Waals surface area contributed by atoms with Gasteiger partial charge in [-0.05, 0) is 76.3 Å². The highest BCUT2D eigenvalue weighted by Crippen LogP contribution is 2.38. The van der Waals surface area contributed by atoms with Gasteiger partial charge in [0.15, 0.2) is 0 Å². The Morgan fingerprint density at radius 1 is 1.16 bits per heavy atom. The summed E-state index contributed by atoms with van der Waals surface area (Å²) in [6.07, 6.45) is 3.75. The van der Waals surface area contributed by atoms with Gasteiger partial charge >= 0.3 is 5.97 Å². The summed E-state index contributed by atoms with van der Waals surface area (Å²) in [5, 5.41) is 3.33. The molecule has 168 valence electrons. The molecule has 1 aliphatic rings. The maximum absolute atomic E-state index is 12.8. The minimum Gasteiger partial charge on any atom is -0.462 e. The zero-order chi connectivity index (χ0) is 22.8. The fourth-order valence-electron chi connectivity index (χ4n) is 3.47. The van der Waals surface area contributed by atoms with E-state index in [1.807, 2.05) is 0 Å². The number of rotatable bonds is 7. The van der Waals surface area contributed by atoms with Crippen LogP contribution in [0.5, 0.6) is 0 Å². The van der Waals surface area contributed by atoms with Crippen molar-refractivity contribution in [2.45, 2.75) is 57.4 Å². The molecule has 1 amide bonds. The molecule has 1 aromatic carbocycles. The molecule has 1 N–H and O–H groups in total. The normalized spacial score (nSPS) is 13.9. The number of anilines is 1. The van der Waals surface area contributed by atoms with Crippen LogP contribution in [-0.4, -0.2) is 44.3 Å². The lowest BCUT2D eigenvalue weighted by molar-refractivity contribution is 0.0526. The second-order valence-corrected chi connectivity index (χ2v) is 10.8. The summed E-state index contributed by atoms with van der Waals surface area (Å²) in [6, 6.07) is 5.63. The highest BCUT2D eigenvalue weighted by Gasteiger charge is 2.28. The van der Waals surface area contributed by atoms with Crippen LogP contribution >= 0.6 is 11.3 Å². The van der Waals surface area contributed by atoms with E-state index in [1.54, 1.807) is 20.8 Å². The van der Waals surface area contributed by atoms with E-state index in [2.05, 4.69) is 5.32 Å². The number of carbonyl (C=O) groups excluding carboxylic acids is 2. The maximum Gasteiger partial charge on any atom is 0.341 e. The Hall–Kier alpha value is -2.23. The monoisotopic (exact) mass is 464 g/mol. The maximum atomic E-state index is 12.8. The van der Waals surface area contributed by atoms with Gasteiger partial charge in [-0.1, -0.05) is 0 Å². The molecule has 0 aliphatic heterocycles. The molecule has 0 unspecified atom stereocenters. The number of ether oxygens (including phenoxy) is 1. The van der Waals surface area contributed by atoms with Crippen LogP contribution in [0, 0.1) is 0 Å². The molecular weight excluding hydrogens is 436 g/mol. The van der Waals surface area contributed by atoms with Crippen molar-refractivity contribution < 1.29 is 22.7 Å². The predicted molar refractivity (Wildman–Crippen MR) is 121 cm³/mol. The van der Waals surface area contributed by atoms with Crippen molar-refractivity contribution in [2.75, 3.05) is 19.0 Å². The van der Waals surface area contributed by atoms with Crippen LogP contribution in [0.15, 0.2) is 29.2 Å². The van der Waals surface area contributed by atoms with Gasteiger partial charge in [0.1, 0.15) is 5.00 Å². The van der Waals surface area contributed by atoms with Crippen LogP contribution in [0.1, 0.15) is 64.8 Å². The molecule has 0 atom stereocenters. The molecule has 7 nitrogen and oxygen atoms in total. The first kappa shape index (κ1) is 23.4. The third-order valence-electron chi connectivity index (χ3n) is 5.40. The van der Waals surface area contributed by atoms with E-state index in [9.17, 15) is 18.0 Å². The van der Waals surface area contributed by atoms with Crippen LogP contribution in [0.2, 0.25) is 0 Å². The van der Waals surface area contributed by atoms with E-state index in [-0.39, 0.29) is 17.5 Å². The zero-order valence-electron chi connectivity index (χ0n) is 18.2. The van der Waals surface area contributed by atoms with Crippen LogP contribution in [0.25, 0.3) is 0 Å². The van der Waals surface area contributed by atoms with Gasteiger partial charge in [0.2, 0.25) is 10.0 Å². The fourth-order valence-corrected chi connectivity index (χ4v) is 6.11. The number of hydrogen-bond donors (Lipinski definition) is 1. The minimum absolute atomic E-state index is 0.124. The van der Waals surface area contributed by atoms with E-state index in [0.717, 1.165) is 36.1 Å². The van der Waals surface area contributed by atoms with Gasteiger partial charge in [0, 0.05) is 23.5 Å². The number of aryl methyl sites for hydroxylation is 1. The van der Waals surface area contributed by atoms with E-state index in [1.165, 1.54) is 47.0 Å². The Labute approximate surface area is 187 Å². The summed E-state index contributed by atoms with van der Waals surface area (Å²) < 4.78 is 31.7. The standard InChI is InChI=1S/C22H28N2O5S2/c1-5-29-22(26)19-17-8-6-7-9-18(17)30-21(19)23-20(25)15-10-12-16(13-11-15)31(27,28)24(4)14(2)3/h10-14H,5-9H2,1-4H3,(H,23,25). The number of sulfonamides is 1. The quantitative estimate of drug-likeness (QED) is 0.623. The summed E-state index contributed by atoms with van der Waals surface area (Å²) in [4.78, 5) is 26.6. The number of benzene rings is 1. The van der Waals surface area contributed by atoms with E-state index >= 15 is 0 Å². The lowest BCUT2D eigenvalue weighted by Gasteiger charge is -2.21. The van der Waals surface area contributed by atoms with Crippen LogP contribution in [0.3, 0.4) is 0 Å². The van der Waals surface area contributed by atoms with Crippen molar-refractivity contribution in [1.29, 1.82) is 0 Å². The molecule has 0 saturated carbocycles. The van der Waals surface area contributed by atoms with Crippen molar-refractivity contribution in [3.8, 4) is 0 Å². The van der Waals surface area contributed by atoms with Gasteiger partial charge in [0.05, 0.1) is 17.1 Å². The molecular formula is C22H28N2O5S2. The predicted octanol–water partition coefficient (Wildman–Crippen LogP) is 4.08. The molecule has 0 saturated heterocycles. The fraction of sp³-hybridized carbons (Fsp3) is 0.455. The van der Waals surface area contributed by atoms with Gasteiger partial charge in [-0.2, -0.15) is 4.31 Å². The first-order valence-corrected chi connectivity index (χ1v) is 12.6. The summed E-state index contributed by atoms with van der Waals surface area (Å²) in [7, 11) is -2.10. The number of nitrogens with zero attached hydrogens (tertiary/aromatic N) is 1. The number of carbonyl (C=O) groups is 2. The average molecular weight is 465 g/mol. The number of thiophene rings is 1. The van der Waals surface area contributed by atoms with Gasteiger partial charge in [-0.25, -0.2) is 13.2 Å². The Bertz CT molecular complexity index is 1070. The van der Waals surface area contributed by atoms with E-state index in [4.69, 9.17) is 4.74 Å². The second-order valence-electron chi connectivity index (χ2n) is 7.73. The SMILES string of the molecule is CCOC(=O)c1c(NC(=O)c2ccc(S(=O)(=O)N(C)C(C)C)cc2)sc2c1CCCC2. The average Bonchev–Trinajstić information content (AvgIpc) is 3.11. The van der Waals surface area contributed by atoms with Crippen molar-refractivity contribution in [3.63, 3.8) is 0 Å². The van der Waals surface area contributed by atoms with Crippen molar-refractivity contribution in [2.24, 2.45) is 0 Å². The topological polar surface area (TPSA) is 92.8 Å². The molecule has 0 radical (unpaired) electrons. The summed E-state index contributed by atoms with van der Waals surface area (Å²) in [6.45, 7) is 5.60. The highest BCUT2D eigenvalue weighted by atomic mass is 32.2. The number of fused-ring (bicyclic) bond motifs is 1. The van der Waals surface area contributed by atoms with Crippen LogP contribution in [-0.2, 0) is 27.6 Å². The van der Waals surface area contributed by atoms with Gasteiger partial charge in [-0.3, -0.25) is 4.79 Å². The number of esters is 1. The largest absolute Gasteiger partial charge is 0.462 e. The molecule has 2 aromatic rings. The van der Waals surface area contributed by atoms with Crippen molar-refractivity contribution >= 4 is 38.2 Å². The third-order valence-corrected chi connectivity index (χ3v) is 8.65. The Balaban J connectivity index is 1.85. The second kappa shape index (κ2) is 9.50. The lowest BCUT2D eigenvalue weighted by atomic mass is 9.95. The molecule has 9 heteroatoms. The van der Waals surface area contributed by atoms with Crippen molar-refractivity contribution in [1.82, 2.24) is 4.31 Å². The molecule has 0 fully saturated rings. The molecule has 1 aromatic heterocycles. The molecule has 0 spiro atoms. The molecule has 1 heterocycles. The smallest absolute Gasteiger partial charge is 0.341 e. The number of hydrogen-bond acceptors (Lipinski definition) is 6. The molecule has 31 heavy (non-hydrogen) atoms. The highest BCUT2D eigenvalue weighted by molar-refractivity contribution is 7.89. The molecule has 0 bridgehead atoms. The van der Waals surface area contributed by atoms with E-state index < -0.39 is 21.9 Å². The first-order valence-electron chi connectivity index (χ1n) is 10.4. The van der Waals surface area contributed by atoms with Gasteiger partial charge in [-0.15, -0.1) is 11.3 Å². The Kier molecular flexibility index (Phi) is 7.18. The minimum atomic E-state index is -3.62. The van der Waals surface area contributed by atoms with Gasteiger partial charge in [0.25, 0.3) is 5.91 Å². The lowest BCUT2D eigenvalue weighted by Crippen LogP contribution is -2.33. The van der Waals surface area contributed by atoms with E-state index in [0.29, 0.717) is 16.1 Å². The van der Waals surface area contributed by atoms with Crippen LogP contribution in [0.4, 0.5) is 5.00 Å². The zero-order valence-corrected chi connectivity index (χ0v) is 19.9. The first-order chi connectivity index (χ1) is 14.7. The summed E-state index contributed by atoms with van der Waals surface area (Å²) >= 11 is 1.42. The summed E-state index contributed by atoms with van der Waals surface area (Å²) in [5.74, 6) is -0.819. The number of nitrogens with one attached hydrogen (secondary N) is 1. The third kappa shape index (κ3) is 4.83. The summed E-state index contributed by atoms with van der Waals surface area (Å²) in [5.41, 5.74) is 1.74. The molecule has 3 rings (SSSR count). The Morgan fingerprint density at radius 2 is 1.81 bits per heavy atom. The van der Waals surface area contributed by atoms with Crippen molar-refractivity contribution in [3.05, 3.63) is 45.8 Å². The molecule has 1 aliphatic carbocycles. The number of amides is 1. The van der Waals surface area contributed by atoms with Gasteiger partial charge < -0.3 is 10.1 Å².